The molecule has 2 heterocycles. The van der Waals surface area contributed by atoms with Crippen molar-refractivity contribution in [3.63, 3.8) is 0 Å². The van der Waals surface area contributed by atoms with E-state index in [1.807, 2.05) is 35.7 Å². The summed E-state index contributed by atoms with van der Waals surface area (Å²) in [4.78, 5) is 13.6. The van der Waals surface area contributed by atoms with Gasteiger partial charge >= 0.3 is 0 Å². The SMILES string of the molecule is COc1ccc(NC(=O)CSc2nnc(-c3cccs3)n2Cc2ccccc2)cc1OC. The van der Waals surface area contributed by atoms with Gasteiger partial charge in [0.15, 0.2) is 22.5 Å². The highest BCUT2D eigenvalue weighted by molar-refractivity contribution is 7.99. The Balaban J connectivity index is 1.48. The first-order valence-electron chi connectivity index (χ1n) is 9.83. The number of hydrogen-bond acceptors (Lipinski definition) is 7. The number of thiophene rings is 1. The monoisotopic (exact) mass is 466 g/mol. The second-order valence-corrected chi connectivity index (χ2v) is 8.65. The van der Waals surface area contributed by atoms with Gasteiger partial charge < -0.3 is 14.8 Å². The Labute approximate surface area is 194 Å². The van der Waals surface area contributed by atoms with Gasteiger partial charge in [-0.05, 0) is 29.1 Å². The van der Waals surface area contributed by atoms with Crippen molar-refractivity contribution in [3.8, 4) is 22.2 Å². The molecule has 7 nitrogen and oxygen atoms in total. The Kier molecular flexibility index (Phi) is 7.08. The standard InChI is InChI=1S/C23H22N4O3S2/c1-29-18-11-10-17(13-19(18)30-2)24-21(28)15-32-23-26-25-22(20-9-6-12-31-20)27(23)14-16-7-4-3-5-8-16/h3-13H,14-15H2,1-2H3,(H,24,28). The molecule has 1 amide bonds. The van der Waals surface area contributed by atoms with Gasteiger partial charge in [0.25, 0.3) is 0 Å². The van der Waals surface area contributed by atoms with E-state index < -0.39 is 0 Å². The summed E-state index contributed by atoms with van der Waals surface area (Å²) in [5.41, 5.74) is 1.78. The van der Waals surface area contributed by atoms with Crippen molar-refractivity contribution >= 4 is 34.7 Å². The van der Waals surface area contributed by atoms with E-state index in [1.54, 1.807) is 43.8 Å². The van der Waals surface area contributed by atoms with Crippen molar-refractivity contribution < 1.29 is 14.3 Å². The molecule has 0 saturated heterocycles. The zero-order valence-electron chi connectivity index (χ0n) is 17.6. The van der Waals surface area contributed by atoms with Crippen LogP contribution in [0.15, 0.2) is 71.2 Å². The number of carbonyl (C=O) groups is 1. The van der Waals surface area contributed by atoms with E-state index >= 15 is 0 Å². The van der Waals surface area contributed by atoms with E-state index in [9.17, 15) is 4.79 Å². The molecule has 0 aliphatic heterocycles. The van der Waals surface area contributed by atoms with Crippen LogP contribution in [0.4, 0.5) is 5.69 Å². The predicted octanol–water partition coefficient (Wildman–Crippen LogP) is 4.80. The van der Waals surface area contributed by atoms with Gasteiger partial charge in [0.1, 0.15) is 0 Å². The van der Waals surface area contributed by atoms with Crippen LogP contribution in [0.5, 0.6) is 11.5 Å². The Morgan fingerprint density at radius 1 is 1.03 bits per heavy atom. The van der Waals surface area contributed by atoms with E-state index in [2.05, 4.69) is 32.2 Å². The minimum Gasteiger partial charge on any atom is -0.493 e. The molecule has 2 aromatic carbocycles. The Bertz CT molecular complexity index is 1180. The number of benzene rings is 2. The van der Waals surface area contributed by atoms with Gasteiger partial charge in [0, 0.05) is 11.8 Å². The molecule has 164 valence electrons. The second-order valence-electron chi connectivity index (χ2n) is 6.76. The number of carbonyl (C=O) groups excluding carboxylic acids is 1. The fourth-order valence-corrected chi connectivity index (χ4v) is 4.59. The highest BCUT2D eigenvalue weighted by Gasteiger charge is 2.17. The lowest BCUT2D eigenvalue weighted by Gasteiger charge is -2.11. The predicted molar refractivity (Wildman–Crippen MR) is 128 cm³/mol. The van der Waals surface area contributed by atoms with Crippen LogP contribution in [-0.4, -0.2) is 40.6 Å². The molecule has 0 radical (unpaired) electrons. The normalized spacial score (nSPS) is 10.7. The van der Waals surface area contributed by atoms with Crippen LogP contribution < -0.4 is 14.8 Å². The molecule has 0 spiro atoms. The average Bonchev–Trinajstić information content (AvgIpc) is 3.48. The Morgan fingerprint density at radius 3 is 2.56 bits per heavy atom. The number of aromatic nitrogens is 3. The highest BCUT2D eigenvalue weighted by Crippen LogP contribution is 2.31. The maximum Gasteiger partial charge on any atom is 0.234 e. The molecule has 4 rings (SSSR count). The number of hydrogen-bond donors (Lipinski definition) is 1. The summed E-state index contributed by atoms with van der Waals surface area (Å²) in [6, 6.07) is 19.4. The van der Waals surface area contributed by atoms with Gasteiger partial charge in [-0.3, -0.25) is 9.36 Å². The molecule has 0 aliphatic rings. The lowest BCUT2D eigenvalue weighted by atomic mass is 10.2. The summed E-state index contributed by atoms with van der Waals surface area (Å²) in [5, 5.41) is 14.4. The molecule has 0 fully saturated rings. The summed E-state index contributed by atoms with van der Waals surface area (Å²) >= 11 is 2.97. The quantitative estimate of drug-likeness (QED) is 0.357. The summed E-state index contributed by atoms with van der Waals surface area (Å²) in [7, 11) is 3.13. The number of nitrogens with zero attached hydrogens (tertiary/aromatic N) is 3. The van der Waals surface area contributed by atoms with Crippen molar-refractivity contribution in [2.75, 3.05) is 25.3 Å². The van der Waals surface area contributed by atoms with Crippen molar-refractivity contribution in [2.45, 2.75) is 11.7 Å². The molecule has 0 saturated carbocycles. The fraction of sp³-hybridized carbons (Fsp3) is 0.174. The van der Waals surface area contributed by atoms with E-state index in [0.717, 1.165) is 16.3 Å². The third-order valence-corrected chi connectivity index (χ3v) is 6.47. The molecule has 2 aromatic heterocycles. The van der Waals surface area contributed by atoms with Gasteiger partial charge in [-0.25, -0.2) is 0 Å². The van der Waals surface area contributed by atoms with Gasteiger partial charge in [-0.2, -0.15) is 0 Å². The van der Waals surface area contributed by atoms with Crippen LogP contribution in [0.2, 0.25) is 0 Å². The van der Waals surface area contributed by atoms with Gasteiger partial charge in [0.2, 0.25) is 5.91 Å². The summed E-state index contributed by atoms with van der Waals surface area (Å²) in [6.45, 7) is 0.626. The maximum atomic E-state index is 12.6. The van der Waals surface area contributed by atoms with Crippen LogP contribution in [0, 0.1) is 0 Å². The van der Waals surface area contributed by atoms with Crippen molar-refractivity contribution in [1.29, 1.82) is 0 Å². The molecule has 0 aliphatic carbocycles. The fourth-order valence-electron chi connectivity index (χ4n) is 3.13. The summed E-state index contributed by atoms with van der Waals surface area (Å²) < 4.78 is 12.6. The number of amides is 1. The van der Waals surface area contributed by atoms with E-state index in [0.29, 0.717) is 28.9 Å². The molecular formula is C23H22N4O3S2. The molecular weight excluding hydrogens is 444 g/mol. The average molecular weight is 467 g/mol. The van der Waals surface area contributed by atoms with Gasteiger partial charge in [0.05, 0.1) is 31.4 Å². The molecule has 1 N–H and O–H groups in total. The summed E-state index contributed by atoms with van der Waals surface area (Å²) in [6.07, 6.45) is 0. The third kappa shape index (κ3) is 5.12. The van der Waals surface area contributed by atoms with E-state index in [4.69, 9.17) is 9.47 Å². The number of nitrogens with one attached hydrogen (secondary N) is 1. The highest BCUT2D eigenvalue weighted by atomic mass is 32.2. The number of methoxy groups -OCH3 is 2. The first-order chi connectivity index (χ1) is 15.7. The molecule has 9 heteroatoms. The first kappa shape index (κ1) is 21.9. The smallest absolute Gasteiger partial charge is 0.234 e. The Morgan fingerprint density at radius 2 is 1.84 bits per heavy atom. The minimum absolute atomic E-state index is 0.144. The van der Waals surface area contributed by atoms with Crippen LogP contribution in [0.1, 0.15) is 5.56 Å². The molecule has 4 aromatic rings. The Hall–Kier alpha value is -3.30. The zero-order valence-corrected chi connectivity index (χ0v) is 19.3. The molecule has 0 unspecified atom stereocenters. The number of thioether (sulfide) groups is 1. The van der Waals surface area contributed by atoms with Crippen molar-refractivity contribution in [3.05, 3.63) is 71.6 Å². The van der Waals surface area contributed by atoms with Crippen LogP contribution >= 0.6 is 23.1 Å². The first-order valence-corrected chi connectivity index (χ1v) is 11.7. The molecule has 0 atom stereocenters. The van der Waals surface area contributed by atoms with Gasteiger partial charge in [-0.15, -0.1) is 21.5 Å². The van der Waals surface area contributed by atoms with Gasteiger partial charge in [-0.1, -0.05) is 48.2 Å². The largest absolute Gasteiger partial charge is 0.493 e. The lowest BCUT2D eigenvalue weighted by molar-refractivity contribution is -0.113. The van der Waals surface area contributed by atoms with Crippen molar-refractivity contribution in [1.82, 2.24) is 14.8 Å². The lowest BCUT2D eigenvalue weighted by Crippen LogP contribution is -2.15. The topological polar surface area (TPSA) is 78.3 Å². The molecule has 32 heavy (non-hydrogen) atoms. The van der Waals surface area contributed by atoms with Crippen molar-refractivity contribution in [2.24, 2.45) is 0 Å². The number of anilines is 1. The third-order valence-electron chi connectivity index (χ3n) is 4.64. The summed E-state index contributed by atoms with van der Waals surface area (Å²) in [5.74, 6) is 2.02. The van der Waals surface area contributed by atoms with Crippen LogP contribution in [-0.2, 0) is 11.3 Å². The van der Waals surface area contributed by atoms with E-state index in [1.165, 1.54) is 11.8 Å². The van der Waals surface area contributed by atoms with E-state index in [-0.39, 0.29) is 11.7 Å². The van der Waals surface area contributed by atoms with Crippen LogP contribution in [0.25, 0.3) is 10.7 Å². The van der Waals surface area contributed by atoms with Crippen LogP contribution in [0.3, 0.4) is 0 Å². The molecule has 0 bridgehead atoms. The minimum atomic E-state index is -0.144. The maximum absolute atomic E-state index is 12.6. The zero-order chi connectivity index (χ0) is 22.3. The number of rotatable bonds is 9. The number of ether oxygens (including phenoxy) is 2. The second kappa shape index (κ2) is 10.3.